The number of ether oxygens (including phenoxy) is 1. The van der Waals surface area contributed by atoms with Crippen molar-refractivity contribution in [3.8, 4) is 5.75 Å². The van der Waals surface area contributed by atoms with E-state index < -0.39 is 0 Å². The monoisotopic (exact) mass is 350 g/mol. The highest BCUT2D eigenvalue weighted by Gasteiger charge is 2.32. The van der Waals surface area contributed by atoms with Gasteiger partial charge < -0.3 is 10.1 Å². The molecule has 2 heterocycles. The minimum absolute atomic E-state index is 0.139. The van der Waals surface area contributed by atoms with Crippen LogP contribution in [-0.2, 0) is 17.9 Å². The number of amides is 1. The third-order valence-corrected chi connectivity index (χ3v) is 5.33. The summed E-state index contributed by atoms with van der Waals surface area (Å²) in [6.07, 6.45) is 3.27. The first kappa shape index (κ1) is 17.1. The molecule has 2 aliphatic heterocycles. The zero-order chi connectivity index (χ0) is 17.8. The molecular formula is C22H26N2O2. The van der Waals surface area contributed by atoms with E-state index in [1.807, 2.05) is 24.3 Å². The highest BCUT2D eigenvalue weighted by molar-refractivity contribution is 5.79. The van der Waals surface area contributed by atoms with E-state index in [9.17, 15) is 4.79 Å². The number of likely N-dealkylation sites (tertiary alicyclic amines) is 1. The molecule has 1 N–H and O–H groups in total. The molecule has 4 heteroatoms. The van der Waals surface area contributed by atoms with E-state index in [0.717, 1.165) is 44.6 Å². The molecule has 2 atom stereocenters. The number of hydrogen-bond acceptors (Lipinski definition) is 3. The van der Waals surface area contributed by atoms with E-state index in [-0.39, 0.29) is 11.8 Å². The van der Waals surface area contributed by atoms with E-state index >= 15 is 0 Å². The fourth-order valence-corrected chi connectivity index (χ4v) is 4.00. The average Bonchev–Trinajstić information content (AvgIpc) is 2.90. The maximum absolute atomic E-state index is 12.2. The third kappa shape index (κ3) is 4.25. The van der Waals surface area contributed by atoms with Gasteiger partial charge in [-0.05, 0) is 36.1 Å². The van der Waals surface area contributed by atoms with Crippen molar-refractivity contribution in [1.29, 1.82) is 0 Å². The van der Waals surface area contributed by atoms with Crippen molar-refractivity contribution in [2.24, 2.45) is 5.92 Å². The Bertz CT molecular complexity index is 747. The number of carbonyl (C=O) groups is 1. The number of benzene rings is 2. The van der Waals surface area contributed by atoms with Gasteiger partial charge in [0.25, 0.3) is 0 Å². The van der Waals surface area contributed by atoms with Gasteiger partial charge in [0, 0.05) is 25.7 Å². The van der Waals surface area contributed by atoms with Gasteiger partial charge in [0.2, 0.25) is 5.91 Å². The van der Waals surface area contributed by atoms with E-state index in [2.05, 4.69) is 40.5 Å². The lowest BCUT2D eigenvalue weighted by molar-refractivity contribution is -0.124. The molecule has 2 aromatic carbocycles. The summed E-state index contributed by atoms with van der Waals surface area (Å²) in [5.74, 6) is 1.28. The molecule has 0 radical (unpaired) electrons. The standard InChI is InChI=1S/C22H26N2O2/c25-22-19-9-5-10-20(23-22)15-24(14-19)13-18-8-4-11-21(12-18)26-16-17-6-2-1-3-7-17/h1-4,6-8,11-12,19-20H,5,9-10,13-16H2,(H,23,25)/t19-,20+/m1/s1. The van der Waals surface area contributed by atoms with Crippen LogP contribution in [0.3, 0.4) is 0 Å². The molecule has 2 bridgehead atoms. The molecule has 136 valence electrons. The van der Waals surface area contributed by atoms with Crippen LogP contribution in [0.5, 0.6) is 5.75 Å². The van der Waals surface area contributed by atoms with Gasteiger partial charge in [-0.15, -0.1) is 0 Å². The van der Waals surface area contributed by atoms with Crippen LogP contribution < -0.4 is 10.1 Å². The first-order valence-electron chi connectivity index (χ1n) is 9.55. The molecule has 1 amide bonds. The predicted octanol–water partition coefficient (Wildman–Crippen LogP) is 3.37. The van der Waals surface area contributed by atoms with E-state index in [4.69, 9.17) is 4.74 Å². The SMILES string of the molecule is O=C1N[C@H]2CCC[C@@H]1CN(Cc1cccc(OCc3ccccc3)c1)C2. The minimum atomic E-state index is 0.139. The lowest BCUT2D eigenvalue weighted by Gasteiger charge is -2.27. The average molecular weight is 350 g/mol. The molecule has 4 nitrogen and oxygen atoms in total. The van der Waals surface area contributed by atoms with Gasteiger partial charge in [0.15, 0.2) is 0 Å². The molecule has 0 spiro atoms. The van der Waals surface area contributed by atoms with Crippen molar-refractivity contribution in [2.45, 2.75) is 38.5 Å². The molecule has 4 rings (SSSR count). The summed E-state index contributed by atoms with van der Waals surface area (Å²) in [7, 11) is 0. The van der Waals surface area contributed by atoms with Crippen molar-refractivity contribution in [3.05, 3.63) is 65.7 Å². The molecule has 2 saturated heterocycles. The normalized spacial score (nSPS) is 23.2. The highest BCUT2D eigenvalue weighted by Crippen LogP contribution is 2.24. The summed E-state index contributed by atoms with van der Waals surface area (Å²) in [5, 5.41) is 3.20. The van der Waals surface area contributed by atoms with Crippen molar-refractivity contribution < 1.29 is 9.53 Å². The second-order valence-electron chi connectivity index (χ2n) is 7.45. The summed E-state index contributed by atoms with van der Waals surface area (Å²) in [6, 6.07) is 18.8. The Morgan fingerprint density at radius 1 is 1.00 bits per heavy atom. The first-order chi connectivity index (χ1) is 12.8. The van der Waals surface area contributed by atoms with Crippen LogP contribution in [0.4, 0.5) is 0 Å². The molecule has 2 aromatic rings. The van der Waals surface area contributed by atoms with Crippen LogP contribution in [0.15, 0.2) is 54.6 Å². The van der Waals surface area contributed by atoms with Gasteiger partial charge in [0.05, 0.1) is 5.92 Å². The second kappa shape index (κ2) is 7.92. The topological polar surface area (TPSA) is 41.6 Å². The number of rotatable bonds is 5. The van der Waals surface area contributed by atoms with E-state index in [0.29, 0.717) is 12.6 Å². The van der Waals surface area contributed by atoms with Gasteiger partial charge >= 0.3 is 0 Å². The van der Waals surface area contributed by atoms with Crippen LogP contribution in [0.1, 0.15) is 30.4 Å². The van der Waals surface area contributed by atoms with Gasteiger partial charge in [0.1, 0.15) is 12.4 Å². The summed E-state index contributed by atoms with van der Waals surface area (Å²) >= 11 is 0. The molecule has 0 aromatic heterocycles. The van der Waals surface area contributed by atoms with E-state index in [1.54, 1.807) is 0 Å². The van der Waals surface area contributed by atoms with Gasteiger partial charge in [-0.1, -0.05) is 48.9 Å². The zero-order valence-corrected chi connectivity index (χ0v) is 15.1. The second-order valence-corrected chi connectivity index (χ2v) is 7.45. The van der Waals surface area contributed by atoms with Crippen molar-refractivity contribution in [3.63, 3.8) is 0 Å². The zero-order valence-electron chi connectivity index (χ0n) is 15.1. The highest BCUT2D eigenvalue weighted by atomic mass is 16.5. The largest absolute Gasteiger partial charge is 0.489 e. The Balaban J connectivity index is 1.40. The summed E-state index contributed by atoms with van der Waals surface area (Å²) in [4.78, 5) is 14.6. The molecule has 26 heavy (non-hydrogen) atoms. The number of nitrogens with one attached hydrogen (secondary N) is 1. The van der Waals surface area contributed by atoms with Crippen molar-refractivity contribution >= 4 is 5.91 Å². The molecule has 2 aliphatic rings. The summed E-state index contributed by atoms with van der Waals surface area (Å²) in [6.45, 7) is 3.25. The fraction of sp³-hybridized carbons (Fsp3) is 0.409. The number of hydrogen-bond donors (Lipinski definition) is 1. The lowest BCUT2D eigenvalue weighted by atomic mass is 9.99. The fourth-order valence-electron chi connectivity index (χ4n) is 4.00. The maximum Gasteiger partial charge on any atom is 0.224 e. The number of nitrogens with zero attached hydrogens (tertiary/aromatic N) is 1. The molecule has 0 saturated carbocycles. The molecule has 0 aliphatic carbocycles. The molecule has 2 fully saturated rings. The minimum Gasteiger partial charge on any atom is -0.489 e. The van der Waals surface area contributed by atoms with Crippen LogP contribution in [-0.4, -0.2) is 29.9 Å². The van der Waals surface area contributed by atoms with Gasteiger partial charge in [-0.3, -0.25) is 9.69 Å². The maximum atomic E-state index is 12.2. The van der Waals surface area contributed by atoms with Crippen LogP contribution in [0.2, 0.25) is 0 Å². The summed E-state index contributed by atoms with van der Waals surface area (Å²) < 4.78 is 5.95. The Kier molecular flexibility index (Phi) is 5.21. The summed E-state index contributed by atoms with van der Waals surface area (Å²) in [5.41, 5.74) is 2.41. The predicted molar refractivity (Wildman–Crippen MR) is 102 cm³/mol. The Morgan fingerprint density at radius 3 is 2.73 bits per heavy atom. The van der Waals surface area contributed by atoms with Crippen LogP contribution in [0, 0.1) is 5.92 Å². The van der Waals surface area contributed by atoms with Crippen molar-refractivity contribution in [1.82, 2.24) is 10.2 Å². The Labute approximate surface area is 155 Å². The number of fused-ring (bicyclic) bond motifs is 3. The van der Waals surface area contributed by atoms with E-state index in [1.165, 1.54) is 11.1 Å². The quantitative estimate of drug-likeness (QED) is 0.899. The van der Waals surface area contributed by atoms with Gasteiger partial charge in [-0.25, -0.2) is 0 Å². The molecule has 0 unspecified atom stereocenters. The van der Waals surface area contributed by atoms with Crippen LogP contribution in [0.25, 0.3) is 0 Å². The van der Waals surface area contributed by atoms with Crippen LogP contribution >= 0.6 is 0 Å². The smallest absolute Gasteiger partial charge is 0.224 e. The third-order valence-electron chi connectivity index (χ3n) is 5.33. The Hall–Kier alpha value is -2.33. The number of carbonyl (C=O) groups excluding carboxylic acids is 1. The molecular weight excluding hydrogens is 324 g/mol. The first-order valence-corrected chi connectivity index (χ1v) is 9.55. The van der Waals surface area contributed by atoms with Crippen molar-refractivity contribution in [2.75, 3.05) is 13.1 Å². The van der Waals surface area contributed by atoms with Gasteiger partial charge in [-0.2, -0.15) is 0 Å². The lowest BCUT2D eigenvalue weighted by Crippen LogP contribution is -2.38. The Morgan fingerprint density at radius 2 is 1.85 bits per heavy atom.